The van der Waals surface area contributed by atoms with Gasteiger partial charge < -0.3 is 26.4 Å². The van der Waals surface area contributed by atoms with Gasteiger partial charge >= 0.3 is 14.2 Å². The average molecular weight is 228 g/mol. The predicted octanol–water partition coefficient (Wildman–Crippen LogP) is -1.98. The minimum absolute atomic E-state index is 0.0213. The Balaban J connectivity index is 0. The molecule has 0 saturated heterocycles. The molecule has 0 aliphatic heterocycles. The third-order valence-electron chi connectivity index (χ3n) is 1.02. The second-order valence-electron chi connectivity index (χ2n) is 2.23. The Morgan fingerprint density at radius 1 is 1.36 bits per heavy atom. The topological polar surface area (TPSA) is 164 Å². The van der Waals surface area contributed by atoms with Gasteiger partial charge in [-0.1, -0.05) is 0 Å². The molecule has 1 unspecified atom stereocenters. The standard InChI is InChI=1S/C5H10N2O3.H3O3P/c6-3(5(9)10)1-2-4(7)8;1-4(2)3/h3H,1-2,6H2,(H2,7,8)(H,9,10);4H,(H2,1,2,3). The van der Waals surface area contributed by atoms with Gasteiger partial charge in [-0.3, -0.25) is 14.2 Å². The van der Waals surface area contributed by atoms with Gasteiger partial charge in [-0.25, -0.2) is 0 Å². The molecule has 9 heteroatoms. The number of carbonyl (C=O) groups excluding carboxylic acids is 1. The van der Waals surface area contributed by atoms with Crippen molar-refractivity contribution < 1.29 is 29.0 Å². The van der Waals surface area contributed by atoms with Crippen LogP contribution in [0, 0.1) is 0 Å². The summed E-state index contributed by atoms with van der Waals surface area (Å²) in [6.45, 7) is 0. The van der Waals surface area contributed by atoms with Crippen LogP contribution < -0.4 is 11.5 Å². The maximum atomic E-state index is 10.1. The highest BCUT2D eigenvalue weighted by Gasteiger charge is 2.11. The number of primary amides is 1. The van der Waals surface area contributed by atoms with E-state index >= 15 is 0 Å². The van der Waals surface area contributed by atoms with Gasteiger partial charge in [0.1, 0.15) is 6.04 Å². The molecule has 0 rings (SSSR count). The molecule has 0 aromatic heterocycles. The van der Waals surface area contributed by atoms with Crippen molar-refractivity contribution in [3.63, 3.8) is 0 Å². The first kappa shape index (κ1) is 15.5. The molecule has 0 aliphatic rings. The number of carbonyl (C=O) groups is 2. The number of hydrogen-bond donors (Lipinski definition) is 5. The van der Waals surface area contributed by atoms with Gasteiger partial charge in [-0.2, -0.15) is 0 Å². The maximum absolute atomic E-state index is 10.1. The fourth-order valence-corrected chi connectivity index (χ4v) is 0.421. The van der Waals surface area contributed by atoms with E-state index in [0.29, 0.717) is 0 Å². The number of rotatable bonds is 4. The van der Waals surface area contributed by atoms with Crippen LogP contribution in [0.15, 0.2) is 0 Å². The van der Waals surface area contributed by atoms with E-state index in [2.05, 4.69) is 0 Å². The molecule has 0 aromatic rings. The lowest BCUT2D eigenvalue weighted by Gasteiger charge is -2.01. The smallest absolute Gasteiger partial charge is 0.320 e. The molecular weight excluding hydrogens is 215 g/mol. The quantitative estimate of drug-likeness (QED) is 0.348. The molecule has 14 heavy (non-hydrogen) atoms. The van der Waals surface area contributed by atoms with Crippen LogP contribution in [0.1, 0.15) is 12.8 Å². The first-order valence-electron chi connectivity index (χ1n) is 3.46. The summed E-state index contributed by atoms with van der Waals surface area (Å²) in [6, 6.07) is -0.979. The Kier molecular flexibility index (Phi) is 9.58. The first-order chi connectivity index (χ1) is 6.27. The fraction of sp³-hybridized carbons (Fsp3) is 0.600. The Morgan fingerprint density at radius 2 is 1.71 bits per heavy atom. The molecule has 0 radical (unpaired) electrons. The molecule has 0 aromatic carbocycles. The molecule has 84 valence electrons. The van der Waals surface area contributed by atoms with Crippen LogP contribution >= 0.6 is 8.25 Å². The Labute approximate surface area is 80.5 Å². The zero-order valence-electron chi connectivity index (χ0n) is 7.21. The number of carboxylic acid groups (broad SMARTS) is 1. The van der Waals surface area contributed by atoms with E-state index in [9.17, 15) is 9.59 Å². The number of amides is 1. The Morgan fingerprint density at radius 3 is 1.93 bits per heavy atom. The molecule has 0 aliphatic carbocycles. The van der Waals surface area contributed by atoms with E-state index in [1.807, 2.05) is 0 Å². The molecule has 8 nitrogen and oxygen atoms in total. The van der Waals surface area contributed by atoms with E-state index < -0.39 is 26.2 Å². The lowest BCUT2D eigenvalue weighted by Crippen LogP contribution is -2.31. The maximum Gasteiger partial charge on any atom is 0.320 e. The first-order valence-corrected chi connectivity index (χ1v) is 4.76. The van der Waals surface area contributed by atoms with Crippen molar-refractivity contribution in [1.29, 1.82) is 0 Å². The van der Waals surface area contributed by atoms with Crippen molar-refractivity contribution in [2.45, 2.75) is 18.9 Å². The minimum Gasteiger partial charge on any atom is -0.480 e. The summed E-state index contributed by atoms with van der Waals surface area (Å²) in [4.78, 5) is 34.4. The second-order valence-corrected chi connectivity index (χ2v) is 2.80. The van der Waals surface area contributed by atoms with Crippen molar-refractivity contribution >= 4 is 20.1 Å². The van der Waals surface area contributed by atoms with Crippen molar-refractivity contribution in [3.8, 4) is 0 Å². The van der Waals surface area contributed by atoms with Crippen molar-refractivity contribution in [1.82, 2.24) is 0 Å². The average Bonchev–Trinajstić information content (AvgIpc) is 1.98. The fourth-order valence-electron chi connectivity index (χ4n) is 0.421. The van der Waals surface area contributed by atoms with Gasteiger partial charge in [-0.15, -0.1) is 0 Å². The molecule has 0 fully saturated rings. The Hall–Kier alpha value is -0.950. The monoisotopic (exact) mass is 228 g/mol. The summed E-state index contributed by atoms with van der Waals surface area (Å²) in [5.74, 6) is -1.64. The highest BCUT2D eigenvalue weighted by Crippen LogP contribution is 1.98. The number of hydrogen-bond acceptors (Lipinski definition) is 4. The molecule has 0 saturated carbocycles. The zero-order chi connectivity index (χ0) is 11.7. The lowest BCUT2D eigenvalue weighted by atomic mass is 10.2. The normalized spacial score (nSPS) is 11.4. The highest BCUT2D eigenvalue weighted by molar-refractivity contribution is 7.30. The van der Waals surface area contributed by atoms with Crippen molar-refractivity contribution in [2.75, 3.05) is 0 Å². The van der Waals surface area contributed by atoms with Gasteiger partial charge in [0.15, 0.2) is 0 Å². The third-order valence-corrected chi connectivity index (χ3v) is 1.02. The number of carboxylic acids is 1. The molecule has 7 N–H and O–H groups in total. The van der Waals surface area contributed by atoms with Gasteiger partial charge in [0.2, 0.25) is 5.91 Å². The summed E-state index contributed by atoms with van der Waals surface area (Å²) >= 11 is 0. The Bertz CT molecular complexity index is 216. The third kappa shape index (κ3) is 17.2. The number of aliphatic carboxylic acids is 1. The molecule has 1 atom stereocenters. The van der Waals surface area contributed by atoms with Crippen LogP contribution in [0.2, 0.25) is 0 Å². The van der Waals surface area contributed by atoms with E-state index in [-0.39, 0.29) is 12.8 Å². The van der Waals surface area contributed by atoms with Gasteiger partial charge in [0.05, 0.1) is 0 Å². The SMILES string of the molecule is NC(=O)CCC(N)C(=O)O.O=[PH](O)O. The summed E-state index contributed by atoms with van der Waals surface area (Å²) in [7, 11) is -3.13. The van der Waals surface area contributed by atoms with E-state index in [1.165, 1.54) is 0 Å². The van der Waals surface area contributed by atoms with E-state index in [0.717, 1.165) is 0 Å². The molecule has 1 amide bonds. The molecule has 0 spiro atoms. The highest BCUT2D eigenvalue weighted by atomic mass is 31.1. The molecular formula is C5H13N2O6P. The molecule has 0 bridgehead atoms. The van der Waals surface area contributed by atoms with E-state index in [1.54, 1.807) is 0 Å². The lowest BCUT2D eigenvalue weighted by molar-refractivity contribution is -0.138. The van der Waals surface area contributed by atoms with Crippen molar-refractivity contribution in [3.05, 3.63) is 0 Å². The summed E-state index contributed by atoms with van der Waals surface area (Å²) in [5, 5.41) is 8.22. The largest absolute Gasteiger partial charge is 0.480 e. The number of nitrogens with two attached hydrogens (primary N) is 2. The van der Waals surface area contributed by atoms with Crippen LogP contribution in [-0.2, 0) is 14.2 Å². The van der Waals surface area contributed by atoms with Gasteiger partial charge in [-0.05, 0) is 6.42 Å². The van der Waals surface area contributed by atoms with Gasteiger partial charge in [0, 0.05) is 6.42 Å². The zero-order valence-corrected chi connectivity index (χ0v) is 8.21. The van der Waals surface area contributed by atoms with Crippen LogP contribution in [0.5, 0.6) is 0 Å². The summed E-state index contributed by atoms with van der Waals surface area (Å²) in [5.41, 5.74) is 9.81. The minimum atomic E-state index is -3.13. The van der Waals surface area contributed by atoms with Crippen LogP contribution in [0.4, 0.5) is 0 Å². The van der Waals surface area contributed by atoms with Gasteiger partial charge in [0.25, 0.3) is 0 Å². The molecule has 0 heterocycles. The summed E-state index contributed by atoms with van der Waals surface area (Å²) in [6.07, 6.45) is 0.123. The second kappa shape index (κ2) is 8.64. The van der Waals surface area contributed by atoms with Crippen molar-refractivity contribution in [2.24, 2.45) is 11.5 Å². The van der Waals surface area contributed by atoms with Crippen LogP contribution in [0.25, 0.3) is 0 Å². The predicted molar refractivity (Wildman–Crippen MR) is 47.5 cm³/mol. The van der Waals surface area contributed by atoms with Crippen LogP contribution in [0.3, 0.4) is 0 Å². The summed E-state index contributed by atoms with van der Waals surface area (Å²) < 4.78 is 8.74. The van der Waals surface area contributed by atoms with E-state index in [4.69, 9.17) is 30.9 Å². The van der Waals surface area contributed by atoms with Crippen LogP contribution in [-0.4, -0.2) is 32.8 Å².